The second kappa shape index (κ2) is 5.05. The van der Waals surface area contributed by atoms with Crippen molar-refractivity contribution >= 4 is 40.7 Å². The van der Waals surface area contributed by atoms with E-state index >= 15 is 0 Å². The fraction of sp³-hybridized carbons (Fsp3) is 0.467. The van der Waals surface area contributed by atoms with Crippen molar-refractivity contribution in [2.24, 2.45) is 17.8 Å². The molecule has 1 aliphatic carbocycles. The van der Waals surface area contributed by atoms with Crippen molar-refractivity contribution in [1.82, 2.24) is 0 Å². The Hall–Kier alpha value is -1.06. The first-order valence-electron chi connectivity index (χ1n) is 6.82. The summed E-state index contributed by atoms with van der Waals surface area (Å²) < 4.78 is 0. The fourth-order valence-corrected chi connectivity index (χ4v) is 3.56. The summed E-state index contributed by atoms with van der Waals surface area (Å²) in [5, 5.41) is 0.772. The molecule has 5 heteroatoms. The summed E-state index contributed by atoms with van der Waals surface area (Å²) in [6.07, 6.45) is 2.61. The first-order valence-corrected chi connectivity index (χ1v) is 7.57. The van der Waals surface area contributed by atoms with Gasteiger partial charge in [0.05, 0.1) is 27.6 Å². The maximum Gasteiger partial charge on any atom is 0.237 e. The van der Waals surface area contributed by atoms with Gasteiger partial charge in [-0.25, -0.2) is 0 Å². The van der Waals surface area contributed by atoms with Crippen LogP contribution in [0.25, 0.3) is 0 Å². The van der Waals surface area contributed by atoms with Crippen LogP contribution in [0.1, 0.15) is 26.2 Å². The summed E-state index contributed by atoms with van der Waals surface area (Å²) in [7, 11) is 0. The Bertz CT molecular complexity index is 587. The van der Waals surface area contributed by atoms with Gasteiger partial charge in [0.15, 0.2) is 0 Å². The number of hydrogen-bond acceptors (Lipinski definition) is 2. The van der Waals surface area contributed by atoms with Crippen molar-refractivity contribution in [3.63, 3.8) is 0 Å². The zero-order valence-electron chi connectivity index (χ0n) is 11.1. The largest absolute Gasteiger partial charge is 0.274 e. The van der Waals surface area contributed by atoms with E-state index in [0.717, 1.165) is 19.3 Å². The Kier molecular flexibility index (Phi) is 3.51. The molecule has 1 saturated carbocycles. The molecule has 2 aliphatic rings. The summed E-state index contributed by atoms with van der Waals surface area (Å²) in [6, 6.07) is 4.87. The normalized spacial score (nSPS) is 29.8. The molecule has 0 N–H and O–H groups in total. The first kappa shape index (κ1) is 13.9. The summed E-state index contributed by atoms with van der Waals surface area (Å²) in [4.78, 5) is 26.3. The lowest BCUT2D eigenvalue weighted by atomic mass is 9.76. The van der Waals surface area contributed by atoms with Gasteiger partial charge < -0.3 is 0 Å². The number of imide groups is 1. The number of benzene rings is 1. The van der Waals surface area contributed by atoms with Crippen molar-refractivity contribution in [2.45, 2.75) is 26.2 Å². The Morgan fingerprint density at radius 2 is 1.75 bits per heavy atom. The van der Waals surface area contributed by atoms with E-state index in [2.05, 4.69) is 6.92 Å². The average Bonchev–Trinajstić information content (AvgIpc) is 2.65. The maximum atomic E-state index is 12.5. The number of anilines is 1. The van der Waals surface area contributed by atoms with Gasteiger partial charge in [0.25, 0.3) is 0 Å². The van der Waals surface area contributed by atoms with Crippen LogP contribution in [0.4, 0.5) is 5.69 Å². The number of nitrogens with zero attached hydrogens (tertiary/aromatic N) is 1. The lowest BCUT2D eigenvalue weighted by molar-refractivity contribution is -0.122. The second-order valence-corrected chi connectivity index (χ2v) is 6.56. The molecule has 3 atom stereocenters. The van der Waals surface area contributed by atoms with Crippen LogP contribution >= 0.6 is 23.2 Å². The highest BCUT2D eigenvalue weighted by atomic mass is 35.5. The molecule has 0 unspecified atom stereocenters. The van der Waals surface area contributed by atoms with Crippen LogP contribution in [0, 0.1) is 17.8 Å². The van der Waals surface area contributed by atoms with E-state index in [1.807, 2.05) is 0 Å². The number of hydrogen-bond donors (Lipinski definition) is 0. The molecule has 20 heavy (non-hydrogen) atoms. The molecular weight excluding hydrogens is 297 g/mol. The zero-order valence-corrected chi connectivity index (χ0v) is 12.6. The summed E-state index contributed by atoms with van der Waals surface area (Å²) >= 11 is 11.9. The van der Waals surface area contributed by atoms with E-state index < -0.39 is 0 Å². The molecule has 2 amide bonds. The SMILES string of the molecule is C[C@H]1CC[C@@H]2C(=O)N(c3ccc(Cl)c(Cl)c3)C(=O)[C@@H]2C1. The van der Waals surface area contributed by atoms with Gasteiger partial charge >= 0.3 is 0 Å². The van der Waals surface area contributed by atoms with Crippen LogP contribution in [0.3, 0.4) is 0 Å². The molecule has 0 aromatic heterocycles. The zero-order chi connectivity index (χ0) is 14.4. The Balaban J connectivity index is 1.96. The highest BCUT2D eigenvalue weighted by Crippen LogP contribution is 2.42. The van der Waals surface area contributed by atoms with Crippen LogP contribution in [0.15, 0.2) is 18.2 Å². The smallest absolute Gasteiger partial charge is 0.237 e. The van der Waals surface area contributed by atoms with Crippen molar-refractivity contribution in [3.05, 3.63) is 28.2 Å². The molecule has 1 saturated heterocycles. The number of halogens is 2. The lowest BCUT2D eigenvalue weighted by Gasteiger charge is -2.25. The van der Waals surface area contributed by atoms with Gasteiger partial charge in [-0.2, -0.15) is 0 Å². The van der Waals surface area contributed by atoms with Gasteiger partial charge in [0, 0.05) is 0 Å². The predicted molar refractivity (Wildman–Crippen MR) is 79.0 cm³/mol. The number of fused-ring (bicyclic) bond motifs is 1. The highest BCUT2D eigenvalue weighted by Gasteiger charge is 2.49. The number of rotatable bonds is 1. The third-order valence-electron chi connectivity index (χ3n) is 4.35. The van der Waals surface area contributed by atoms with Crippen LogP contribution in [-0.2, 0) is 9.59 Å². The van der Waals surface area contributed by atoms with Crippen LogP contribution in [0.5, 0.6) is 0 Å². The fourth-order valence-electron chi connectivity index (χ4n) is 3.27. The van der Waals surface area contributed by atoms with E-state index in [1.54, 1.807) is 18.2 Å². The van der Waals surface area contributed by atoms with Gasteiger partial charge in [-0.1, -0.05) is 30.1 Å². The van der Waals surface area contributed by atoms with Gasteiger partial charge in [-0.3, -0.25) is 14.5 Å². The Labute approximate surface area is 127 Å². The molecule has 0 spiro atoms. The number of carbonyl (C=O) groups excluding carboxylic acids is 2. The molecule has 106 valence electrons. The molecule has 1 heterocycles. The van der Waals surface area contributed by atoms with E-state index in [9.17, 15) is 9.59 Å². The molecule has 1 aromatic carbocycles. The molecule has 0 radical (unpaired) electrons. The van der Waals surface area contributed by atoms with E-state index in [-0.39, 0.29) is 23.7 Å². The maximum absolute atomic E-state index is 12.5. The second-order valence-electron chi connectivity index (χ2n) is 5.74. The number of amides is 2. The third-order valence-corrected chi connectivity index (χ3v) is 5.09. The van der Waals surface area contributed by atoms with E-state index in [0.29, 0.717) is 21.7 Å². The summed E-state index contributed by atoms with van der Waals surface area (Å²) in [6.45, 7) is 2.13. The van der Waals surface area contributed by atoms with Crippen molar-refractivity contribution < 1.29 is 9.59 Å². The summed E-state index contributed by atoms with van der Waals surface area (Å²) in [5.74, 6) is -0.00848. The molecule has 3 rings (SSSR count). The predicted octanol–water partition coefficient (Wildman–Crippen LogP) is 3.92. The molecule has 3 nitrogen and oxygen atoms in total. The standard InChI is InChI=1S/C15H15Cl2NO2/c1-8-2-4-10-11(6-8)15(20)18(14(10)19)9-3-5-12(16)13(17)7-9/h3,5,7-8,10-11H,2,4,6H2,1H3/t8-,10-,11+/m0/s1. The third kappa shape index (κ3) is 2.13. The van der Waals surface area contributed by atoms with Crippen molar-refractivity contribution in [3.8, 4) is 0 Å². The number of carbonyl (C=O) groups is 2. The van der Waals surface area contributed by atoms with Gasteiger partial charge in [0.1, 0.15) is 0 Å². The van der Waals surface area contributed by atoms with Crippen molar-refractivity contribution in [1.29, 1.82) is 0 Å². The van der Waals surface area contributed by atoms with E-state index in [4.69, 9.17) is 23.2 Å². The quantitative estimate of drug-likeness (QED) is 0.737. The van der Waals surface area contributed by atoms with Crippen LogP contribution in [-0.4, -0.2) is 11.8 Å². The Morgan fingerprint density at radius 1 is 1.05 bits per heavy atom. The molecule has 0 bridgehead atoms. The van der Waals surface area contributed by atoms with Crippen LogP contribution in [0.2, 0.25) is 10.0 Å². The molecular formula is C15H15Cl2NO2. The topological polar surface area (TPSA) is 37.4 Å². The van der Waals surface area contributed by atoms with Gasteiger partial charge in [-0.05, 0) is 43.4 Å². The minimum atomic E-state index is -0.166. The summed E-state index contributed by atoms with van der Waals surface area (Å²) in [5.41, 5.74) is 0.524. The van der Waals surface area contributed by atoms with E-state index in [1.165, 1.54) is 4.90 Å². The average molecular weight is 312 g/mol. The molecule has 1 aliphatic heterocycles. The lowest BCUT2D eigenvalue weighted by Crippen LogP contribution is -2.30. The molecule has 1 aromatic rings. The molecule has 2 fully saturated rings. The minimum Gasteiger partial charge on any atom is -0.274 e. The van der Waals surface area contributed by atoms with Crippen molar-refractivity contribution in [2.75, 3.05) is 4.90 Å². The van der Waals surface area contributed by atoms with Gasteiger partial charge in [-0.15, -0.1) is 0 Å². The monoisotopic (exact) mass is 311 g/mol. The first-order chi connectivity index (χ1) is 9.49. The van der Waals surface area contributed by atoms with Crippen LogP contribution < -0.4 is 4.90 Å². The highest BCUT2D eigenvalue weighted by molar-refractivity contribution is 6.42. The Morgan fingerprint density at radius 3 is 2.45 bits per heavy atom. The minimum absolute atomic E-state index is 0.0923. The van der Waals surface area contributed by atoms with Gasteiger partial charge in [0.2, 0.25) is 11.8 Å².